The van der Waals surface area contributed by atoms with Gasteiger partial charge in [-0.2, -0.15) is 0 Å². The molecule has 1 amide bonds. The molecule has 0 aliphatic heterocycles. The van der Waals surface area contributed by atoms with E-state index in [1.807, 2.05) is 13.0 Å². The number of pyridine rings is 1. The van der Waals surface area contributed by atoms with Crippen LogP contribution < -0.4 is 10.9 Å². The van der Waals surface area contributed by atoms with Crippen LogP contribution in [0.1, 0.15) is 28.2 Å². The van der Waals surface area contributed by atoms with Gasteiger partial charge in [-0.25, -0.2) is 0 Å². The lowest BCUT2D eigenvalue weighted by atomic mass is 10.2. The molecule has 0 aliphatic carbocycles. The Balaban J connectivity index is 2.07. The van der Waals surface area contributed by atoms with Gasteiger partial charge in [0.1, 0.15) is 0 Å². The van der Waals surface area contributed by atoms with Gasteiger partial charge >= 0.3 is 0 Å². The fourth-order valence-corrected chi connectivity index (χ4v) is 2.53. The average Bonchev–Trinajstić information content (AvgIpc) is 2.76. The maximum atomic E-state index is 11.9. The quantitative estimate of drug-likeness (QED) is 0.909. The number of hydrogen-bond donors (Lipinski definition) is 2. The Hall–Kier alpha value is -1.59. The molecule has 2 aromatic rings. The monoisotopic (exact) mass is 282 g/mol. The predicted octanol–water partition coefficient (Wildman–Crippen LogP) is 2.58. The fourth-order valence-electron chi connectivity index (χ4n) is 1.46. The van der Waals surface area contributed by atoms with Crippen molar-refractivity contribution >= 4 is 28.8 Å². The molecule has 1 unspecified atom stereocenters. The third-order valence-corrected chi connectivity index (χ3v) is 3.83. The molecule has 0 radical (unpaired) electrons. The second-order valence-electron chi connectivity index (χ2n) is 3.78. The van der Waals surface area contributed by atoms with Gasteiger partial charge < -0.3 is 10.3 Å². The highest BCUT2D eigenvalue weighted by Crippen LogP contribution is 2.26. The summed E-state index contributed by atoms with van der Waals surface area (Å²) >= 11 is 7.27. The third-order valence-electron chi connectivity index (χ3n) is 2.41. The standard InChI is InChI=1S/C12H11ClN2O2S/c1-7(9-3-4-10(13)18-9)15-12(17)8-2-5-11(16)14-6-8/h2-7H,1H3,(H,14,16)(H,15,17). The van der Waals surface area contributed by atoms with Crippen LogP contribution in [-0.4, -0.2) is 10.9 Å². The van der Waals surface area contributed by atoms with Crippen LogP contribution >= 0.6 is 22.9 Å². The van der Waals surface area contributed by atoms with Gasteiger partial charge in [0.15, 0.2) is 0 Å². The van der Waals surface area contributed by atoms with Gasteiger partial charge in [-0.3, -0.25) is 9.59 Å². The normalized spacial score (nSPS) is 12.1. The topological polar surface area (TPSA) is 62.0 Å². The van der Waals surface area contributed by atoms with Crippen molar-refractivity contribution in [1.29, 1.82) is 0 Å². The summed E-state index contributed by atoms with van der Waals surface area (Å²) < 4.78 is 0.690. The third kappa shape index (κ3) is 3.00. The lowest BCUT2D eigenvalue weighted by Gasteiger charge is -2.11. The molecule has 94 valence electrons. The summed E-state index contributed by atoms with van der Waals surface area (Å²) in [6.45, 7) is 1.88. The molecule has 6 heteroatoms. The summed E-state index contributed by atoms with van der Waals surface area (Å²) in [5, 5.41) is 2.84. The molecule has 18 heavy (non-hydrogen) atoms. The van der Waals surface area contributed by atoms with E-state index >= 15 is 0 Å². The number of carbonyl (C=O) groups excluding carboxylic acids is 1. The van der Waals surface area contributed by atoms with Crippen LogP contribution in [0.5, 0.6) is 0 Å². The molecule has 2 rings (SSSR count). The molecule has 2 heterocycles. The second-order valence-corrected chi connectivity index (χ2v) is 5.53. The largest absolute Gasteiger partial charge is 0.345 e. The molecule has 0 aromatic carbocycles. The Kier molecular flexibility index (Phi) is 3.84. The van der Waals surface area contributed by atoms with Crippen LogP contribution in [0.4, 0.5) is 0 Å². The van der Waals surface area contributed by atoms with Crippen LogP contribution in [0.3, 0.4) is 0 Å². The van der Waals surface area contributed by atoms with Crippen molar-refractivity contribution < 1.29 is 4.79 Å². The number of nitrogens with one attached hydrogen (secondary N) is 2. The van der Waals surface area contributed by atoms with E-state index in [9.17, 15) is 9.59 Å². The molecule has 0 aliphatic rings. The number of rotatable bonds is 3. The smallest absolute Gasteiger partial charge is 0.253 e. The average molecular weight is 283 g/mol. The molecule has 0 bridgehead atoms. The first-order valence-electron chi connectivity index (χ1n) is 5.31. The van der Waals surface area contributed by atoms with Crippen LogP contribution in [-0.2, 0) is 0 Å². The Morgan fingerprint density at radius 1 is 1.39 bits per heavy atom. The van der Waals surface area contributed by atoms with Crippen molar-refractivity contribution in [1.82, 2.24) is 10.3 Å². The number of aromatic amines is 1. The summed E-state index contributed by atoms with van der Waals surface area (Å²) in [4.78, 5) is 26.2. The molecular formula is C12H11ClN2O2S. The van der Waals surface area contributed by atoms with E-state index in [0.717, 1.165) is 4.88 Å². The zero-order valence-corrected chi connectivity index (χ0v) is 11.1. The number of aromatic nitrogens is 1. The summed E-state index contributed by atoms with van der Waals surface area (Å²) in [6, 6.07) is 6.36. The van der Waals surface area contributed by atoms with Gasteiger partial charge in [0.05, 0.1) is 15.9 Å². The first kappa shape index (κ1) is 12.9. The van der Waals surface area contributed by atoms with Gasteiger partial charge in [-0.15, -0.1) is 11.3 Å². The minimum Gasteiger partial charge on any atom is -0.345 e. The summed E-state index contributed by atoms with van der Waals surface area (Å²) in [7, 11) is 0. The Labute approximate surface area is 113 Å². The van der Waals surface area contributed by atoms with Crippen LogP contribution in [0.15, 0.2) is 35.3 Å². The van der Waals surface area contributed by atoms with Gasteiger partial charge in [0.25, 0.3) is 5.91 Å². The van der Waals surface area contributed by atoms with Crippen molar-refractivity contribution in [2.45, 2.75) is 13.0 Å². The zero-order valence-electron chi connectivity index (χ0n) is 9.57. The van der Waals surface area contributed by atoms with E-state index in [1.54, 1.807) is 6.07 Å². The maximum absolute atomic E-state index is 11.9. The Morgan fingerprint density at radius 2 is 2.17 bits per heavy atom. The van der Waals surface area contributed by atoms with E-state index in [-0.39, 0.29) is 17.5 Å². The molecule has 2 N–H and O–H groups in total. The Bertz CT molecular complexity index is 600. The minimum atomic E-state index is -0.233. The number of thiophene rings is 1. The first-order chi connectivity index (χ1) is 8.56. The molecule has 4 nitrogen and oxygen atoms in total. The highest BCUT2D eigenvalue weighted by molar-refractivity contribution is 7.16. The van der Waals surface area contributed by atoms with Crippen LogP contribution in [0.2, 0.25) is 4.34 Å². The van der Waals surface area contributed by atoms with Gasteiger partial charge in [-0.1, -0.05) is 11.6 Å². The molecule has 1 atom stereocenters. The highest BCUT2D eigenvalue weighted by atomic mass is 35.5. The second kappa shape index (κ2) is 5.37. The molecule has 0 saturated carbocycles. The minimum absolute atomic E-state index is 0.123. The number of carbonyl (C=O) groups is 1. The van der Waals surface area contributed by atoms with Crippen molar-refractivity contribution in [2.24, 2.45) is 0 Å². The van der Waals surface area contributed by atoms with Gasteiger partial charge in [-0.05, 0) is 25.1 Å². The zero-order chi connectivity index (χ0) is 13.1. The summed E-state index contributed by atoms with van der Waals surface area (Å²) in [5.74, 6) is -0.233. The molecule has 2 aromatic heterocycles. The number of halogens is 1. The van der Waals surface area contributed by atoms with Crippen LogP contribution in [0, 0.1) is 0 Å². The van der Waals surface area contributed by atoms with Crippen molar-refractivity contribution in [2.75, 3.05) is 0 Å². The van der Waals surface area contributed by atoms with Crippen molar-refractivity contribution in [3.63, 3.8) is 0 Å². The molecule has 0 saturated heterocycles. The lowest BCUT2D eigenvalue weighted by molar-refractivity contribution is 0.0940. The van der Waals surface area contributed by atoms with E-state index in [2.05, 4.69) is 10.3 Å². The van der Waals surface area contributed by atoms with Gasteiger partial charge in [0, 0.05) is 17.1 Å². The molecular weight excluding hydrogens is 272 g/mol. The number of hydrogen-bond acceptors (Lipinski definition) is 3. The molecule has 0 fully saturated rings. The summed E-state index contributed by atoms with van der Waals surface area (Å²) in [5.41, 5.74) is 0.189. The predicted molar refractivity (Wildman–Crippen MR) is 72.3 cm³/mol. The van der Waals surface area contributed by atoms with Crippen molar-refractivity contribution in [3.8, 4) is 0 Å². The lowest BCUT2D eigenvalue weighted by Crippen LogP contribution is -2.26. The number of amides is 1. The van der Waals surface area contributed by atoms with Gasteiger partial charge in [0.2, 0.25) is 5.56 Å². The SMILES string of the molecule is CC(NC(=O)c1ccc(=O)[nH]c1)c1ccc(Cl)s1. The Morgan fingerprint density at radius 3 is 2.72 bits per heavy atom. The highest BCUT2D eigenvalue weighted by Gasteiger charge is 2.13. The van der Waals surface area contributed by atoms with Crippen molar-refractivity contribution in [3.05, 3.63) is 55.6 Å². The van der Waals surface area contributed by atoms with E-state index in [0.29, 0.717) is 9.90 Å². The fraction of sp³-hybridized carbons (Fsp3) is 0.167. The first-order valence-corrected chi connectivity index (χ1v) is 6.50. The van der Waals surface area contributed by atoms with E-state index < -0.39 is 0 Å². The maximum Gasteiger partial charge on any atom is 0.253 e. The van der Waals surface area contributed by atoms with E-state index in [4.69, 9.17) is 11.6 Å². The molecule has 0 spiro atoms. The van der Waals surface area contributed by atoms with Crippen LogP contribution in [0.25, 0.3) is 0 Å². The van der Waals surface area contributed by atoms with E-state index in [1.165, 1.54) is 29.7 Å². The summed E-state index contributed by atoms with van der Waals surface area (Å²) in [6.07, 6.45) is 1.39. The number of H-pyrrole nitrogens is 1.